The van der Waals surface area contributed by atoms with Gasteiger partial charge in [0.1, 0.15) is 16.6 Å². The zero-order valence-corrected chi connectivity index (χ0v) is 12.1. The normalized spacial score (nSPS) is 11.1. The first kappa shape index (κ1) is 14.6. The number of carbonyl (C=O) groups excluding carboxylic acids is 1. The zero-order chi connectivity index (χ0) is 14.7. The van der Waals surface area contributed by atoms with Crippen LogP contribution in [-0.2, 0) is 11.2 Å². The topological polar surface area (TPSA) is 78.7 Å². The Kier molecular flexibility index (Phi) is 4.46. The number of pyridine rings is 1. The second kappa shape index (κ2) is 6.11. The lowest BCUT2D eigenvalue weighted by molar-refractivity contribution is -0.127. The van der Waals surface area contributed by atoms with Gasteiger partial charge in [-0.2, -0.15) is 0 Å². The van der Waals surface area contributed by atoms with Crippen LogP contribution in [-0.4, -0.2) is 27.0 Å². The number of carbonyl (C=O) groups is 1. The van der Waals surface area contributed by atoms with Gasteiger partial charge in [0.05, 0.1) is 12.2 Å². The van der Waals surface area contributed by atoms with Crippen molar-refractivity contribution in [2.45, 2.75) is 20.3 Å². The Labute approximate surface area is 121 Å². The third-order valence-corrected chi connectivity index (χ3v) is 3.11. The highest BCUT2D eigenvalue weighted by Gasteiger charge is 2.15. The predicted octanol–water partition coefficient (Wildman–Crippen LogP) is 2.10. The number of hydrogen-bond acceptors (Lipinski definition) is 4. The number of halogens is 1. The van der Waals surface area contributed by atoms with Gasteiger partial charge in [0.15, 0.2) is 0 Å². The standard InChI is InChI=1S/C13H17ClN4O2/c1-8(2)6-9-13(15-7-12(19)17-20)18-10(14)4-3-5-11(18)16-9/h3-5,8,15,20H,6-7H2,1-2H3,(H,17,19). The third kappa shape index (κ3) is 3.02. The summed E-state index contributed by atoms with van der Waals surface area (Å²) in [6.07, 6.45) is 0.765. The van der Waals surface area contributed by atoms with Crippen molar-refractivity contribution >= 4 is 29.0 Å². The molecule has 0 spiro atoms. The van der Waals surface area contributed by atoms with Crippen molar-refractivity contribution in [3.63, 3.8) is 0 Å². The molecule has 2 rings (SSSR count). The summed E-state index contributed by atoms with van der Waals surface area (Å²) in [6, 6.07) is 5.44. The Morgan fingerprint density at radius 2 is 2.25 bits per heavy atom. The van der Waals surface area contributed by atoms with Crippen LogP contribution in [0.2, 0.25) is 5.15 Å². The largest absolute Gasteiger partial charge is 0.360 e. The Balaban J connectivity index is 2.43. The number of nitrogens with one attached hydrogen (secondary N) is 2. The first-order valence-electron chi connectivity index (χ1n) is 6.35. The summed E-state index contributed by atoms with van der Waals surface area (Å²) in [7, 11) is 0. The molecule has 6 nitrogen and oxygen atoms in total. The molecule has 0 fully saturated rings. The molecule has 0 bridgehead atoms. The van der Waals surface area contributed by atoms with Crippen LogP contribution in [0.4, 0.5) is 5.82 Å². The van der Waals surface area contributed by atoms with Crippen LogP contribution in [0.5, 0.6) is 0 Å². The minimum atomic E-state index is -0.525. The summed E-state index contributed by atoms with van der Waals surface area (Å²) < 4.78 is 1.75. The summed E-state index contributed by atoms with van der Waals surface area (Å²) in [5.74, 6) is 0.580. The van der Waals surface area contributed by atoms with E-state index in [4.69, 9.17) is 16.8 Å². The maximum atomic E-state index is 11.2. The van der Waals surface area contributed by atoms with Crippen molar-refractivity contribution in [2.75, 3.05) is 11.9 Å². The van der Waals surface area contributed by atoms with Gasteiger partial charge in [-0.15, -0.1) is 0 Å². The molecule has 0 atom stereocenters. The maximum Gasteiger partial charge on any atom is 0.262 e. The van der Waals surface area contributed by atoms with E-state index in [-0.39, 0.29) is 6.54 Å². The highest BCUT2D eigenvalue weighted by molar-refractivity contribution is 6.30. The van der Waals surface area contributed by atoms with Gasteiger partial charge < -0.3 is 5.32 Å². The van der Waals surface area contributed by atoms with Crippen molar-refractivity contribution in [2.24, 2.45) is 5.92 Å². The lowest BCUT2D eigenvalue weighted by Gasteiger charge is -2.09. The number of nitrogens with zero attached hydrogens (tertiary/aromatic N) is 2. The Morgan fingerprint density at radius 1 is 1.50 bits per heavy atom. The van der Waals surface area contributed by atoms with E-state index in [0.29, 0.717) is 16.9 Å². The molecule has 3 N–H and O–H groups in total. The number of rotatable bonds is 5. The number of amides is 1. The number of hydrogen-bond donors (Lipinski definition) is 3. The highest BCUT2D eigenvalue weighted by Crippen LogP contribution is 2.25. The fourth-order valence-corrected chi connectivity index (χ4v) is 2.26. The monoisotopic (exact) mass is 296 g/mol. The van der Waals surface area contributed by atoms with Crippen LogP contribution < -0.4 is 10.8 Å². The fourth-order valence-electron chi connectivity index (χ4n) is 2.01. The smallest absolute Gasteiger partial charge is 0.262 e. The number of anilines is 1. The SMILES string of the molecule is CC(C)Cc1nc2cccc(Cl)n2c1NCC(=O)NO. The number of fused-ring (bicyclic) bond motifs is 1. The first-order valence-corrected chi connectivity index (χ1v) is 6.73. The van der Waals surface area contributed by atoms with Gasteiger partial charge in [0, 0.05) is 0 Å². The maximum absolute atomic E-state index is 11.2. The van der Waals surface area contributed by atoms with E-state index in [1.54, 1.807) is 15.9 Å². The lowest BCUT2D eigenvalue weighted by Crippen LogP contribution is -2.27. The van der Waals surface area contributed by atoms with Crippen molar-refractivity contribution in [1.29, 1.82) is 0 Å². The van der Waals surface area contributed by atoms with Gasteiger partial charge in [0.2, 0.25) is 0 Å². The predicted molar refractivity (Wildman–Crippen MR) is 77.2 cm³/mol. The van der Waals surface area contributed by atoms with Gasteiger partial charge >= 0.3 is 0 Å². The summed E-state index contributed by atoms with van der Waals surface area (Å²) in [5.41, 5.74) is 3.15. The van der Waals surface area contributed by atoms with Gasteiger partial charge in [0.25, 0.3) is 5.91 Å². The quantitative estimate of drug-likeness (QED) is 0.448. The second-order valence-corrected chi connectivity index (χ2v) is 5.32. The van der Waals surface area contributed by atoms with Crippen LogP contribution in [0.15, 0.2) is 18.2 Å². The Bertz CT molecular complexity index is 624. The molecule has 0 aliphatic carbocycles. The summed E-state index contributed by atoms with van der Waals surface area (Å²) in [6.45, 7) is 4.13. The van der Waals surface area contributed by atoms with Gasteiger partial charge in [-0.05, 0) is 24.5 Å². The minimum Gasteiger partial charge on any atom is -0.360 e. The van der Waals surface area contributed by atoms with Crippen molar-refractivity contribution in [1.82, 2.24) is 14.9 Å². The molecule has 0 saturated heterocycles. The average molecular weight is 297 g/mol. The van der Waals surface area contributed by atoms with Gasteiger partial charge in [-0.25, -0.2) is 10.5 Å². The zero-order valence-electron chi connectivity index (χ0n) is 11.4. The Hall–Kier alpha value is -1.79. The molecule has 108 valence electrons. The van der Waals surface area contributed by atoms with Crippen LogP contribution in [0.25, 0.3) is 5.65 Å². The minimum absolute atomic E-state index is 0.0549. The van der Waals surface area contributed by atoms with E-state index in [9.17, 15) is 4.79 Å². The summed E-state index contributed by atoms with van der Waals surface area (Å²) in [4.78, 5) is 15.7. The molecule has 0 unspecified atom stereocenters. The molecule has 2 heterocycles. The van der Waals surface area contributed by atoms with E-state index in [1.165, 1.54) is 0 Å². The van der Waals surface area contributed by atoms with E-state index >= 15 is 0 Å². The molecule has 2 aromatic heterocycles. The summed E-state index contributed by atoms with van der Waals surface area (Å²) in [5, 5.41) is 12.0. The summed E-state index contributed by atoms with van der Waals surface area (Å²) >= 11 is 6.19. The second-order valence-electron chi connectivity index (χ2n) is 4.94. The molecule has 0 aromatic carbocycles. The van der Waals surface area contributed by atoms with Crippen molar-refractivity contribution in [3.05, 3.63) is 29.0 Å². The molecule has 2 aromatic rings. The first-order chi connectivity index (χ1) is 9.52. The van der Waals surface area contributed by atoms with E-state index < -0.39 is 5.91 Å². The van der Waals surface area contributed by atoms with E-state index in [2.05, 4.69) is 24.1 Å². The van der Waals surface area contributed by atoms with Crippen LogP contribution in [0.1, 0.15) is 19.5 Å². The van der Waals surface area contributed by atoms with Crippen molar-refractivity contribution < 1.29 is 10.0 Å². The highest BCUT2D eigenvalue weighted by atomic mass is 35.5. The van der Waals surface area contributed by atoms with E-state index in [0.717, 1.165) is 17.8 Å². The number of hydroxylamine groups is 1. The lowest BCUT2D eigenvalue weighted by atomic mass is 10.1. The van der Waals surface area contributed by atoms with Gasteiger partial charge in [-0.3, -0.25) is 14.4 Å². The molecule has 0 aliphatic rings. The molecule has 20 heavy (non-hydrogen) atoms. The molecule has 0 saturated carbocycles. The van der Waals surface area contributed by atoms with Crippen LogP contribution in [0.3, 0.4) is 0 Å². The average Bonchev–Trinajstić information content (AvgIpc) is 2.74. The fraction of sp³-hybridized carbons (Fsp3) is 0.385. The molecule has 0 radical (unpaired) electrons. The van der Waals surface area contributed by atoms with Crippen LogP contribution in [0, 0.1) is 5.92 Å². The molecule has 1 amide bonds. The third-order valence-electron chi connectivity index (χ3n) is 2.81. The van der Waals surface area contributed by atoms with Gasteiger partial charge in [-0.1, -0.05) is 31.5 Å². The number of aromatic nitrogens is 2. The van der Waals surface area contributed by atoms with Crippen molar-refractivity contribution in [3.8, 4) is 0 Å². The Morgan fingerprint density at radius 3 is 2.90 bits per heavy atom. The number of imidazole rings is 1. The molecular weight excluding hydrogens is 280 g/mol. The molecular formula is C13H17ClN4O2. The molecule has 7 heteroatoms. The van der Waals surface area contributed by atoms with E-state index in [1.807, 2.05) is 12.1 Å². The van der Waals surface area contributed by atoms with Crippen LogP contribution >= 0.6 is 11.6 Å². The molecule has 0 aliphatic heterocycles.